The first-order valence-corrected chi connectivity index (χ1v) is 8.78. The Hall–Kier alpha value is -3.48. The molecule has 1 N–H and O–H groups in total. The van der Waals surface area contributed by atoms with Crippen molar-refractivity contribution >= 4 is 5.91 Å². The predicted octanol–water partition coefficient (Wildman–Crippen LogP) is 2.89. The summed E-state index contributed by atoms with van der Waals surface area (Å²) in [6, 6.07) is 13.6. The van der Waals surface area contributed by atoms with Crippen LogP contribution < -0.4 is 19.5 Å². The smallest absolute Gasteiger partial charge is 0.254 e. The minimum Gasteiger partial charge on any atom is -0.493 e. The topological polar surface area (TPSA) is 74.6 Å². The molecule has 1 heterocycles. The highest BCUT2D eigenvalue weighted by atomic mass is 16.5. The summed E-state index contributed by atoms with van der Waals surface area (Å²) in [5.41, 5.74) is 2.46. The van der Waals surface area contributed by atoms with Gasteiger partial charge in [0.1, 0.15) is 0 Å². The monoisotopic (exact) mass is 381 g/mol. The molecule has 7 nitrogen and oxygen atoms in total. The molecule has 0 aliphatic heterocycles. The van der Waals surface area contributed by atoms with E-state index in [1.54, 1.807) is 50.5 Å². The van der Waals surface area contributed by atoms with E-state index in [0.717, 1.165) is 11.1 Å². The zero-order valence-corrected chi connectivity index (χ0v) is 16.1. The number of methoxy groups -OCH3 is 3. The van der Waals surface area contributed by atoms with E-state index in [4.69, 9.17) is 14.2 Å². The van der Waals surface area contributed by atoms with Crippen LogP contribution in [-0.4, -0.2) is 37.0 Å². The van der Waals surface area contributed by atoms with Crippen LogP contribution in [0.15, 0.2) is 54.9 Å². The van der Waals surface area contributed by atoms with Crippen molar-refractivity contribution < 1.29 is 19.0 Å². The Morgan fingerprint density at radius 3 is 2.29 bits per heavy atom. The predicted molar refractivity (Wildman–Crippen MR) is 105 cm³/mol. The van der Waals surface area contributed by atoms with Gasteiger partial charge in [0.05, 0.1) is 39.6 Å². The van der Waals surface area contributed by atoms with Crippen LogP contribution in [0.25, 0.3) is 0 Å². The second-order valence-corrected chi connectivity index (χ2v) is 6.13. The van der Waals surface area contributed by atoms with Crippen molar-refractivity contribution in [1.29, 1.82) is 0 Å². The standard InChI is InChI=1S/C21H23N3O4/c1-26-18-9-16(10-19(27-2)20(18)28-3)11-22-21(25)17-12-23-24(14-17)13-15-7-5-4-6-8-15/h4-10,12,14H,11,13H2,1-3H3,(H,22,25). The molecule has 146 valence electrons. The molecule has 28 heavy (non-hydrogen) atoms. The van der Waals surface area contributed by atoms with Crippen LogP contribution >= 0.6 is 0 Å². The quantitative estimate of drug-likeness (QED) is 0.649. The van der Waals surface area contributed by atoms with Gasteiger partial charge in [0, 0.05) is 12.7 Å². The molecule has 0 atom stereocenters. The number of aromatic nitrogens is 2. The second kappa shape index (κ2) is 8.94. The van der Waals surface area contributed by atoms with E-state index >= 15 is 0 Å². The molecule has 1 amide bonds. The van der Waals surface area contributed by atoms with Crippen LogP contribution in [0.4, 0.5) is 0 Å². The average molecular weight is 381 g/mol. The van der Waals surface area contributed by atoms with Crippen molar-refractivity contribution in [3.8, 4) is 17.2 Å². The second-order valence-electron chi connectivity index (χ2n) is 6.13. The van der Waals surface area contributed by atoms with Gasteiger partial charge in [0.15, 0.2) is 11.5 Å². The number of carbonyl (C=O) groups excluding carboxylic acids is 1. The first kappa shape index (κ1) is 19.3. The summed E-state index contributed by atoms with van der Waals surface area (Å²) in [4.78, 5) is 12.5. The Bertz CT molecular complexity index is 913. The molecule has 0 saturated carbocycles. The molecule has 3 rings (SSSR count). The van der Waals surface area contributed by atoms with Gasteiger partial charge in [-0.25, -0.2) is 0 Å². The molecule has 0 radical (unpaired) electrons. The van der Waals surface area contributed by atoms with Crippen LogP contribution in [0.5, 0.6) is 17.2 Å². The summed E-state index contributed by atoms with van der Waals surface area (Å²) < 4.78 is 17.7. The fourth-order valence-electron chi connectivity index (χ4n) is 2.86. The Kier molecular flexibility index (Phi) is 6.16. The van der Waals surface area contributed by atoms with Gasteiger partial charge in [-0.15, -0.1) is 0 Å². The summed E-state index contributed by atoms with van der Waals surface area (Å²) in [6.07, 6.45) is 3.30. The summed E-state index contributed by atoms with van der Waals surface area (Å²) in [6.45, 7) is 0.931. The average Bonchev–Trinajstić information content (AvgIpc) is 3.20. The van der Waals surface area contributed by atoms with Gasteiger partial charge < -0.3 is 19.5 Å². The summed E-state index contributed by atoms with van der Waals surface area (Å²) in [7, 11) is 4.66. The number of ether oxygens (including phenoxy) is 3. The van der Waals surface area contributed by atoms with Crippen molar-refractivity contribution in [3.63, 3.8) is 0 Å². The van der Waals surface area contributed by atoms with E-state index in [1.165, 1.54) is 0 Å². The van der Waals surface area contributed by atoms with E-state index in [-0.39, 0.29) is 5.91 Å². The van der Waals surface area contributed by atoms with Gasteiger partial charge in [-0.3, -0.25) is 9.48 Å². The lowest BCUT2D eigenvalue weighted by atomic mass is 10.1. The number of rotatable bonds is 8. The normalized spacial score (nSPS) is 10.4. The van der Waals surface area contributed by atoms with Gasteiger partial charge in [0.25, 0.3) is 5.91 Å². The van der Waals surface area contributed by atoms with Gasteiger partial charge in [0.2, 0.25) is 5.75 Å². The lowest BCUT2D eigenvalue weighted by Gasteiger charge is -2.14. The fourth-order valence-corrected chi connectivity index (χ4v) is 2.86. The third kappa shape index (κ3) is 4.43. The molecule has 0 saturated heterocycles. The SMILES string of the molecule is COc1cc(CNC(=O)c2cnn(Cc3ccccc3)c2)cc(OC)c1OC. The van der Waals surface area contributed by atoms with Crippen LogP contribution in [0.2, 0.25) is 0 Å². The number of nitrogens with one attached hydrogen (secondary N) is 1. The van der Waals surface area contributed by atoms with E-state index < -0.39 is 0 Å². The molecule has 3 aromatic rings. The van der Waals surface area contributed by atoms with Crippen molar-refractivity contribution in [3.05, 3.63) is 71.5 Å². The minimum absolute atomic E-state index is 0.201. The van der Waals surface area contributed by atoms with Crippen molar-refractivity contribution in [1.82, 2.24) is 15.1 Å². The van der Waals surface area contributed by atoms with E-state index in [0.29, 0.717) is 35.9 Å². The number of carbonyl (C=O) groups is 1. The van der Waals surface area contributed by atoms with Crippen molar-refractivity contribution in [2.24, 2.45) is 0 Å². The molecule has 0 spiro atoms. The summed E-state index contributed by atoms with van der Waals surface area (Å²) in [5.74, 6) is 1.40. The third-order valence-corrected chi connectivity index (χ3v) is 4.26. The van der Waals surface area contributed by atoms with Crippen LogP contribution in [0.1, 0.15) is 21.5 Å². The number of benzene rings is 2. The molecule has 0 aliphatic rings. The zero-order chi connectivity index (χ0) is 19.9. The van der Waals surface area contributed by atoms with Gasteiger partial charge in [-0.2, -0.15) is 5.10 Å². The molecule has 0 aliphatic carbocycles. The van der Waals surface area contributed by atoms with E-state index in [2.05, 4.69) is 10.4 Å². The molecular weight excluding hydrogens is 358 g/mol. The third-order valence-electron chi connectivity index (χ3n) is 4.26. The molecule has 7 heteroatoms. The van der Waals surface area contributed by atoms with Crippen LogP contribution in [0.3, 0.4) is 0 Å². The highest BCUT2D eigenvalue weighted by molar-refractivity contribution is 5.93. The maximum atomic E-state index is 12.5. The van der Waals surface area contributed by atoms with E-state index in [9.17, 15) is 4.79 Å². The van der Waals surface area contributed by atoms with Crippen molar-refractivity contribution in [2.75, 3.05) is 21.3 Å². The van der Waals surface area contributed by atoms with Gasteiger partial charge in [-0.05, 0) is 23.3 Å². The first-order chi connectivity index (χ1) is 13.6. The first-order valence-electron chi connectivity index (χ1n) is 8.78. The van der Waals surface area contributed by atoms with Gasteiger partial charge >= 0.3 is 0 Å². The summed E-state index contributed by atoms with van der Waals surface area (Å²) in [5, 5.41) is 7.15. The van der Waals surface area contributed by atoms with Crippen molar-refractivity contribution in [2.45, 2.75) is 13.1 Å². The van der Waals surface area contributed by atoms with Gasteiger partial charge in [-0.1, -0.05) is 30.3 Å². The Morgan fingerprint density at radius 1 is 1.00 bits per heavy atom. The van der Waals surface area contributed by atoms with E-state index in [1.807, 2.05) is 30.3 Å². The fraction of sp³-hybridized carbons (Fsp3) is 0.238. The molecule has 0 unspecified atom stereocenters. The number of hydrogen-bond donors (Lipinski definition) is 1. The highest BCUT2D eigenvalue weighted by Gasteiger charge is 2.14. The highest BCUT2D eigenvalue weighted by Crippen LogP contribution is 2.38. The van der Waals surface area contributed by atoms with Crippen LogP contribution in [-0.2, 0) is 13.1 Å². The lowest BCUT2D eigenvalue weighted by Crippen LogP contribution is -2.22. The zero-order valence-electron chi connectivity index (χ0n) is 16.1. The molecule has 0 bridgehead atoms. The largest absolute Gasteiger partial charge is 0.493 e. The molecular formula is C21H23N3O4. The Labute approximate surface area is 163 Å². The maximum absolute atomic E-state index is 12.5. The molecule has 2 aromatic carbocycles. The Morgan fingerprint density at radius 2 is 1.68 bits per heavy atom. The Balaban J connectivity index is 1.66. The molecule has 1 aromatic heterocycles. The number of hydrogen-bond acceptors (Lipinski definition) is 5. The number of amides is 1. The molecule has 0 fully saturated rings. The summed E-state index contributed by atoms with van der Waals surface area (Å²) >= 11 is 0. The minimum atomic E-state index is -0.201. The maximum Gasteiger partial charge on any atom is 0.254 e. The lowest BCUT2D eigenvalue weighted by molar-refractivity contribution is 0.0950. The number of nitrogens with zero attached hydrogens (tertiary/aromatic N) is 2. The van der Waals surface area contributed by atoms with Crippen LogP contribution in [0, 0.1) is 0 Å².